The zero-order valence-electron chi connectivity index (χ0n) is 8.53. The molecule has 0 aromatic rings. The lowest BCUT2D eigenvalue weighted by Gasteiger charge is -2.30. The van der Waals surface area contributed by atoms with E-state index in [4.69, 9.17) is 21.1 Å². The lowest BCUT2D eigenvalue weighted by atomic mass is 9.90. The van der Waals surface area contributed by atoms with Crippen LogP contribution in [0.2, 0.25) is 0 Å². The fourth-order valence-corrected chi connectivity index (χ4v) is 2.36. The molecule has 14 heavy (non-hydrogen) atoms. The van der Waals surface area contributed by atoms with Crippen LogP contribution in [0.25, 0.3) is 0 Å². The van der Waals surface area contributed by atoms with Gasteiger partial charge >= 0.3 is 0 Å². The number of aliphatic hydroxyl groups excluding tert-OH is 1. The smallest absolute Gasteiger partial charge is 0.164 e. The second-order valence-electron chi connectivity index (χ2n) is 4.42. The Balaban J connectivity index is 2.27. The summed E-state index contributed by atoms with van der Waals surface area (Å²) in [6, 6.07) is 0. The Hall–Kier alpha value is -0.0900. The van der Waals surface area contributed by atoms with Crippen LogP contribution < -0.4 is 0 Å². The molecule has 3 nitrogen and oxygen atoms in total. The third kappa shape index (κ3) is 1.58. The lowest BCUT2D eigenvalue weighted by molar-refractivity contribution is -0.154. The molecule has 1 heterocycles. The maximum atomic E-state index is 9.89. The molecule has 0 aromatic heterocycles. The first-order chi connectivity index (χ1) is 6.41. The van der Waals surface area contributed by atoms with Crippen molar-refractivity contribution in [1.29, 1.82) is 0 Å². The highest BCUT2D eigenvalue weighted by Crippen LogP contribution is 2.40. The second kappa shape index (κ2) is 3.20. The average molecular weight is 219 g/mol. The molecule has 0 saturated carbocycles. The maximum Gasteiger partial charge on any atom is 0.164 e. The van der Waals surface area contributed by atoms with Crippen LogP contribution in [0.3, 0.4) is 0 Å². The average Bonchev–Trinajstić information content (AvgIpc) is 2.38. The van der Waals surface area contributed by atoms with Crippen molar-refractivity contribution < 1.29 is 14.6 Å². The summed E-state index contributed by atoms with van der Waals surface area (Å²) < 4.78 is 11.2. The quantitative estimate of drug-likeness (QED) is 0.672. The van der Waals surface area contributed by atoms with Crippen molar-refractivity contribution >= 4 is 11.6 Å². The number of hydrogen-bond donors (Lipinski definition) is 1. The largest absolute Gasteiger partial charge is 0.390 e. The highest BCUT2D eigenvalue weighted by atomic mass is 35.5. The summed E-state index contributed by atoms with van der Waals surface area (Å²) in [6.07, 6.45) is 0.651. The maximum absolute atomic E-state index is 9.89. The molecule has 0 bridgehead atoms. The summed E-state index contributed by atoms with van der Waals surface area (Å²) in [4.78, 5) is 0. The molecule has 0 radical (unpaired) electrons. The fraction of sp³-hybridized carbons (Fsp3) is 0.800. The van der Waals surface area contributed by atoms with Gasteiger partial charge in [0.25, 0.3) is 0 Å². The van der Waals surface area contributed by atoms with Crippen LogP contribution in [0.1, 0.15) is 20.8 Å². The molecule has 1 aliphatic carbocycles. The normalized spacial score (nSPS) is 45.9. The third-order valence-electron chi connectivity index (χ3n) is 2.70. The molecular formula is C10H15ClO3. The summed E-state index contributed by atoms with van der Waals surface area (Å²) in [7, 11) is 0. The van der Waals surface area contributed by atoms with Crippen molar-refractivity contribution in [2.45, 2.75) is 44.9 Å². The van der Waals surface area contributed by atoms with Crippen molar-refractivity contribution in [2.24, 2.45) is 5.92 Å². The minimum Gasteiger partial charge on any atom is -0.390 e. The Morgan fingerprint density at radius 3 is 2.71 bits per heavy atom. The van der Waals surface area contributed by atoms with Gasteiger partial charge in [-0.15, -0.1) is 0 Å². The van der Waals surface area contributed by atoms with Gasteiger partial charge in [0.2, 0.25) is 0 Å². The number of halogens is 1. The summed E-state index contributed by atoms with van der Waals surface area (Å²) >= 11 is 6.05. The Bertz CT molecular complexity index is 275. The molecule has 1 aliphatic heterocycles. The van der Waals surface area contributed by atoms with Crippen molar-refractivity contribution in [3.63, 3.8) is 0 Å². The van der Waals surface area contributed by atoms with E-state index in [0.717, 1.165) is 0 Å². The van der Waals surface area contributed by atoms with Crippen LogP contribution >= 0.6 is 11.6 Å². The van der Waals surface area contributed by atoms with Crippen molar-refractivity contribution in [3.05, 3.63) is 11.1 Å². The minimum absolute atomic E-state index is 0.0150. The van der Waals surface area contributed by atoms with E-state index in [0.29, 0.717) is 5.03 Å². The molecule has 1 N–H and O–H groups in total. The molecule has 4 heteroatoms. The van der Waals surface area contributed by atoms with E-state index < -0.39 is 11.9 Å². The van der Waals surface area contributed by atoms with E-state index in [1.54, 1.807) is 0 Å². The van der Waals surface area contributed by atoms with Crippen LogP contribution in [-0.2, 0) is 9.47 Å². The Labute approximate surface area is 88.6 Å². The van der Waals surface area contributed by atoms with Crippen LogP contribution in [0.5, 0.6) is 0 Å². The highest BCUT2D eigenvalue weighted by molar-refractivity contribution is 6.30. The molecule has 0 aromatic carbocycles. The van der Waals surface area contributed by atoms with Gasteiger partial charge in [-0.3, -0.25) is 0 Å². The van der Waals surface area contributed by atoms with E-state index in [2.05, 4.69) is 0 Å². The monoisotopic (exact) mass is 218 g/mol. The number of hydrogen-bond acceptors (Lipinski definition) is 3. The fourth-order valence-electron chi connectivity index (χ4n) is 2.00. The predicted molar refractivity (Wildman–Crippen MR) is 52.9 cm³/mol. The summed E-state index contributed by atoms with van der Waals surface area (Å²) in [5.74, 6) is -0.643. The van der Waals surface area contributed by atoms with Crippen LogP contribution in [0, 0.1) is 5.92 Å². The molecule has 4 atom stereocenters. The first-order valence-electron chi connectivity index (χ1n) is 4.81. The van der Waals surface area contributed by atoms with Gasteiger partial charge in [0.15, 0.2) is 5.79 Å². The van der Waals surface area contributed by atoms with Gasteiger partial charge in [0, 0.05) is 11.0 Å². The molecular weight excluding hydrogens is 204 g/mol. The van der Waals surface area contributed by atoms with Gasteiger partial charge in [-0.05, 0) is 13.8 Å². The predicted octanol–water partition coefficient (Wildman–Crippen LogP) is 1.64. The van der Waals surface area contributed by atoms with E-state index in [1.165, 1.54) is 0 Å². The Kier molecular flexibility index (Phi) is 2.39. The summed E-state index contributed by atoms with van der Waals surface area (Å²) in [6.45, 7) is 5.57. The summed E-state index contributed by atoms with van der Waals surface area (Å²) in [5, 5.41) is 10.5. The standard InChI is InChI=1S/C10H15ClO3/c1-5-4-6(11)8-9(7(5)12)14-10(2,3)13-8/h4-5,7-9,12H,1-3H3/t5-,7+,8+,9-/m0/s1. The minimum atomic E-state index is -0.658. The second-order valence-corrected chi connectivity index (χ2v) is 4.86. The summed E-state index contributed by atoms with van der Waals surface area (Å²) in [5.41, 5.74) is 0. The van der Waals surface area contributed by atoms with Crippen molar-refractivity contribution in [3.8, 4) is 0 Å². The van der Waals surface area contributed by atoms with E-state index in [-0.39, 0.29) is 18.1 Å². The van der Waals surface area contributed by atoms with Crippen LogP contribution in [-0.4, -0.2) is 29.2 Å². The van der Waals surface area contributed by atoms with Crippen LogP contribution in [0.15, 0.2) is 11.1 Å². The van der Waals surface area contributed by atoms with Crippen LogP contribution in [0.4, 0.5) is 0 Å². The number of aliphatic hydroxyl groups is 1. The molecule has 2 rings (SSSR count). The van der Waals surface area contributed by atoms with Gasteiger partial charge in [0.05, 0.1) is 6.10 Å². The van der Waals surface area contributed by atoms with E-state index >= 15 is 0 Å². The highest BCUT2D eigenvalue weighted by Gasteiger charge is 2.49. The Morgan fingerprint density at radius 2 is 2.07 bits per heavy atom. The SMILES string of the molecule is C[C@H]1C=C(Cl)[C@H]2OC(C)(C)O[C@H]2[C@@H]1O. The van der Waals surface area contributed by atoms with E-state index in [1.807, 2.05) is 26.8 Å². The number of fused-ring (bicyclic) bond motifs is 1. The van der Waals surface area contributed by atoms with Gasteiger partial charge < -0.3 is 14.6 Å². The van der Waals surface area contributed by atoms with E-state index in [9.17, 15) is 5.11 Å². The van der Waals surface area contributed by atoms with Crippen molar-refractivity contribution in [2.75, 3.05) is 0 Å². The molecule has 0 amide bonds. The zero-order chi connectivity index (χ0) is 10.5. The zero-order valence-corrected chi connectivity index (χ0v) is 9.28. The lowest BCUT2D eigenvalue weighted by Crippen LogP contribution is -2.42. The topological polar surface area (TPSA) is 38.7 Å². The molecule has 0 unspecified atom stereocenters. The van der Waals surface area contributed by atoms with Gasteiger partial charge in [-0.2, -0.15) is 0 Å². The number of ether oxygens (including phenoxy) is 2. The molecule has 80 valence electrons. The van der Waals surface area contributed by atoms with Crippen molar-refractivity contribution in [1.82, 2.24) is 0 Å². The molecule has 2 aliphatic rings. The first-order valence-corrected chi connectivity index (χ1v) is 5.19. The van der Waals surface area contributed by atoms with Gasteiger partial charge in [-0.1, -0.05) is 24.6 Å². The first kappa shape index (κ1) is 10.4. The third-order valence-corrected chi connectivity index (χ3v) is 3.04. The number of rotatable bonds is 0. The Morgan fingerprint density at radius 1 is 1.43 bits per heavy atom. The molecule has 1 saturated heterocycles. The van der Waals surface area contributed by atoms with Gasteiger partial charge in [0.1, 0.15) is 12.2 Å². The molecule has 1 fully saturated rings. The van der Waals surface area contributed by atoms with Gasteiger partial charge in [-0.25, -0.2) is 0 Å². The molecule has 0 spiro atoms.